The van der Waals surface area contributed by atoms with Crippen molar-refractivity contribution in [2.75, 3.05) is 18.0 Å². The number of fused-ring (bicyclic) bond motifs is 1. The summed E-state index contributed by atoms with van der Waals surface area (Å²) < 4.78 is 13.4. The zero-order valence-corrected chi connectivity index (χ0v) is 16.3. The van der Waals surface area contributed by atoms with Crippen molar-refractivity contribution >= 4 is 28.5 Å². The summed E-state index contributed by atoms with van der Waals surface area (Å²) in [6.07, 6.45) is 6.44. The minimum absolute atomic E-state index is 0.0183. The SMILES string of the molecule is Oc1[nH]c2cc(F)ccc2c1C=Nc1ccc(N2CCC(c3ccncc3)C2)cc1. The Morgan fingerprint density at radius 2 is 1.90 bits per heavy atom. The van der Waals surface area contributed by atoms with Gasteiger partial charge in [0.15, 0.2) is 5.88 Å². The second-order valence-electron chi connectivity index (χ2n) is 7.56. The lowest BCUT2D eigenvalue weighted by Crippen LogP contribution is -2.18. The summed E-state index contributed by atoms with van der Waals surface area (Å²) in [6.45, 7) is 2.02. The smallest absolute Gasteiger partial charge is 0.198 e. The monoisotopic (exact) mass is 400 g/mol. The topological polar surface area (TPSA) is 64.5 Å². The number of H-pyrrole nitrogens is 1. The van der Waals surface area contributed by atoms with E-state index >= 15 is 0 Å². The standard InChI is InChI=1S/C24H21FN4O/c25-18-1-6-21-22(24(30)28-23(21)13-18)14-27-19-2-4-20(5-3-19)29-12-9-17(15-29)16-7-10-26-11-8-16/h1-8,10-11,13-14,17,28,30H,9,12,15H2. The summed E-state index contributed by atoms with van der Waals surface area (Å²) in [4.78, 5) is 13.8. The molecule has 0 saturated carbocycles. The van der Waals surface area contributed by atoms with E-state index in [2.05, 4.69) is 44.1 Å². The average molecular weight is 400 g/mol. The number of benzene rings is 2. The first kappa shape index (κ1) is 18.4. The number of halogens is 1. The highest BCUT2D eigenvalue weighted by Gasteiger charge is 2.23. The third-order valence-electron chi connectivity index (χ3n) is 5.70. The van der Waals surface area contributed by atoms with Gasteiger partial charge in [-0.15, -0.1) is 0 Å². The van der Waals surface area contributed by atoms with Gasteiger partial charge >= 0.3 is 0 Å². The van der Waals surface area contributed by atoms with E-state index in [1.807, 2.05) is 24.5 Å². The van der Waals surface area contributed by atoms with Crippen molar-refractivity contribution in [2.45, 2.75) is 12.3 Å². The van der Waals surface area contributed by atoms with Gasteiger partial charge in [-0.25, -0.2) is 4.39 Å². The molecule has 30 heavy (non-hydrogen) atoms. The lowest BCUT2D eigenvalue weighted by atomic mass is 10.00. The molecule has 2 aromatic heterocycles. The highest BCUT2D eigenvalue weighted by atomic mass is 19.1. The number of rotatable bonds is 4. The van der Waals surface area contributed by atoms with Gasteiger partial charge in [-0.05, 0) is 66.6 Å². The van der Waals surface area contributed by atoms with Gasteiger partial charge < -0.3 is 15.0 Å². The van der Waals surface area contributed by atoms with Crippen LogP contribution in [0.2, 0.25) is 0 Å². The molecule has 0 aliphatic carbocycles. The van der Waals surface area contributed by atoms with Gasteiger partial charge in [-0.1, -0.05) is 0 Å². The van der Waals surface area contributed by atoms with E-state index in [0.717, 1.165) is 30.6 Å². The van der Waals surface area contributed by atoms with Crippen LogP contribution < -0.4 is 4.90 Å². The fourth-order valence-corrected chi connectivity index (χ4v) is 4.10. The number of nitrogens with zero attached hydrogens (tertiary/aromatic N) is 3. The van der Waals surface area contributed by atoms with Crippen LogP contribution >= 0.6 is 0 Å². The molecule has 1 saturated heterocycles. The highest BCUT2D eigenvalue weighted by Crippen LogP contribution is 2.32. The normalized spacial score (nSPS) is 16.7. The van der Waals surface area contributed by atoms with Crippen LogP contribution in [0.4, 0.5) is 15.8 Å². The second-order valence-corrected chi connectivity index (χ2v) is 7.56. The summed E-state index contributed by atoms with van der Waals surface area (Å²) in [5.74, 6) is 0.159. The summed E-state index contributed by atoms with van der Waals surface area (Å²) in [7, 11) is 0. The Balaban J connectivity index is 1.31. The molecule has 150 valence electrons. The maximum atomic E-state index is 13.4. The number of aromatic hydroxyl groups is 1. The van der Waals surface area contributed by atoms with Crippen LogP contribution in [0.25, 0.3) is 10.9 Å². The van der Waals surface area contributed by atoms with Crippen molar-refractivity contribution in [2.24, 2.45) is 4.99 Å². The zero-order valence-electron chi connectivity index (χ0n) is 16.3. The molecule has 1 aliphatic rings. The fourth-order valence-electron chi connectivity index (χ4n) is 4.10. The van der Waals surface area contributed by atoms with Gasteiger partial charge in [0, 0.05) is 48.7 Å². The van der Waals surface area contributed by atoms with Crippen LogP contribution in [0, 0.1) is 5.82 Å². The quantitative estimate of drug-likeness (QED) is 0.466. The third kappa shape index (κ3) is 3.52. The number of aliphatic imine (C=N–C) groups is 1. The van der Waals surface area contributed by atoms with E-state index in [1.165, 1.54) is 23.4 Å². The first-order valence-electron chi connectivity index (χ1n) is 9.96. The van der Waals surface area contributed by atoms with Crippen LogP contribution in [-0.2, 0) is 0 Å². The van der Waals surface area contributed by atoms with Crippen molar-refractivity contribution in [1.29, 1.82) is 0 Å². The van der Waals surface area contributed by atoms with Gasteiger partial charge in [0.2, 0.25) is 0 Å². The molecular formula is C24H21FN4O. The van der Waals surface area contributed by atoms with Gasteiger partial charge in [-0.3, -0.25) is 9.98 Å². The van der Waals surface area contributed by atoms with E-state index in [9.17, 15) is 9.50 Å². The molecule has 1 unspecified atom stereocenters. The van der Waals surface area contributed by atoms with Crippen molar-refractivity contribution in [3.8, 4) is 5.88 Å². The molecule has 1 aliphatic heterocycles. The third-order valence-corrected chi connectivity index (χ3v) is 5.70. The maximum absolute atomic E-state index is 13.4. The number of hydrogen-bond donors (Lipinski definition) is 2. The van der Waals surface area contributed by atoms with Crippen molar-refractivity contribution < 1.29 is 9.50 Å². The van der Waals surface area contributed by atoms with Crippen LogP contribution in [0.1, 0.15) is 23.5 Å². The Morgan fingerprint density at radius 1 is 1.10 bits per heavy atom. The number of pyridine rings is 1. The number of nitrogens with one attached hydrogen (secondary N) is 1. The lowest BCUT2D eigenvalue weighted by molar-refractivity contribution is 0.457. The molecule has 1 fully saturated rings. The molecule has 4 aromatic rings. The molecule has 2 aromatic carbocycles. The van der Waals surface area contributed by atoms with E-state index in [0.29, 0.717) is 17.0 Å². The minimum Gasteiger partial charge on any atom is -0.494 e. The van der Waals surface area contributed by atoms with Gasteiger partial charge in [-0.2, -0.15) is 0 Å². The number of aromatic nitrogens is 2. The van der Waals surface area contributed by atoms with Crippen molar-refractivity contribution in [3.63, 3.8) is 0 Å². The van der Waals surface area contributed by atoms with Crippen LogP contribution in [0.3, 0.4) is 0 Å². The molecular weight excluding hydrogens is 379 g/mol. The van der Waals surface area contributed by atoms with Crippen molar-refractivity contribution in [1.82, 2.24) is 9.97 Å². The first-order chi connectivity index (χ1) is 14.7. The predicted octanol–water partition coefficient (Wildman–Crippen LogP) is 5.15. The molecule has 0 bridgehead atoms. The second kappa shape index (κ2) is 7.63. The predicted molar refractivity (Wildman–Crippen MR) is 117 cm³/mol. The molecule has 1 atom stereocenters. The number of anilines is 1. The lowest BCUT2D eigenvalue weighted by Gasteiger charge is -2.19. The Hall–Kier alpha value is -3.67. The highest BCUT2D eigenvalue weighted by molar-refractivity contribution is 6.02. The van der Waals surface area contributed by atoms with Crippen molar-refractivity contribution in [3.05, 3.63) is 83.9 Å². The van der Waals surface area contributed by atoms with E-state index in [4.69, 9.17) is 0 Å². The Labute approximate surface area is 173 Å². The van der Waals surface area contributed by atoms with Crippen LogP contribution in [0.5, 0.6) is 5.88 Å². The summed E-state index contributed by atoms with van der Waals surface area (Å²) in [6, 6.07) is 16.7. The molecule has 5 rings (SSSR count). The largest absolute Gasteiger partial charge is 0.494 e. The molecule has 0 radical (unpaired) electrons. The Morgan fingerprint density at radius 3 is 2.70 bits per heavy atom. The molecule has 0 amide bonds. The summed E-state index contributed by atoms with van der Waals surface area (Å²) in [5, 5.41) is 10.9. The van der Waals surface area contributed by atoms with Gasteiger partial charge in [0.1, 0.15) is 5.82 Å². The van der Waals surface area contributed by atoms with Crippen LogP contribution in [0.15, 0.2) is 72.0 Å². The van der Waals surface area contributed by atoms with Gasteiger partial charge in [0.25, 0.3) is 0 Å². The molecule has 3 heterocycles. The Bertz CT molecular complexity index is 1200. The minimum atomic E-state index is -0.351. The molecule has 0 spiro atoms. The maximum Gasteiger partial charge on any atom is 0.198 e. The van der Waals surface area contributed by atoms with E-state index < -0.39 is 0 Å². The number of aromatic amines is 1. The molecule has 6 heteroatoms. The summed E-state index contributed by atoms with van der Waals surface area (Å²) in [5.41, 5.74) is 4.40. The number of hydrogen-bond acceptors (Lipinski definition) is 4. The molecule has 2 N–H and O–H groups in total. The summed E-state index contributed by atoms with van der Waals surface area (Å²) >= 11 is 0. The van der Waals surface area contributed by atoms with Crippen LogP contribution in [-0.4, -0.2) is 34.4 Å². The van der Waals surface area contributed by atoms with E-state index in [-0.39, 0.29) is 11.7 Å². The first-order valence-corrected chi connectivity index (χ1v) is 9.96. The zero-order chi connectivity index (χ0) is 20.5. The van der Waals surface area contributed by atoms with Gasteiger partial charge in [0.05, 0.1) is 16.8 Å². The fraction of sp³-hybridized carbons (Fsp3) is 0.167. The molecule has 5 nitrogen and oxygen atoms in total. The average Bonchev–Trinajstić information content (AvgIpc) is 3.37. The van der Waals surface area contributed by atoms with E-state index in [1.54, 1.807) is 12.3 Å². The Kier molecular flexibility index (Phi) is 4.67.